The monoisotopic (exact) mass is 324 g/mol. The number of hydrogen-bond donors (Lipinski definition) is 0. The van der Waals surface area contributed by atoms with Gasteiger partial charge in [0.15, 0.2) is 0 Å². The summed E-state index contributed by atoms with van der Waals surface area (Å²) in [6.45, 7) is 15.0. The lowest BCUT2D eigenvalue weighted by Gasteiger charge is -2.18. The third-order valence-corrected chi connectivity index (χ3v) is 4.42. The predicted molar refractivity (Wildman–Crippen MR) is 109 cm³/mol. The van der Waals surface area contributed by atoms with Gasteiger partial charge in [-0.25, -0.2) is 0 Å². The first-order chi connectivity index (χ1) is 11.4. The smallest absolute Gasteiger partial charge is 0.0132 e. The topological polar surface area (TPSA) is 0 Å². The van der Waals surface area contributed by atoms with Crippen LogP contribution in [0.25, 0.3) is 0 Å². The van der Waals surface area contributed by atoms with Crippen LogP contribution in [0.1, 0.15) is 75.3 Å². The van der Waals surface area contributed by atoms with Gasteiger partial charge in [-0.3, -0.25) is 0 Å². The molecule has 0 fully saturated rings. The van der Waals surface area contributed by atoms with Crippen molar-refractivity contribution < 1.29 is 0 Å². The molecule has 1 aliphatic rings. The van der Waals surface area contributed by atoms with Gasteiger partial charge in [0, 0.05) is 0 Å². The quantitative estimate of drug-likeness (QED) is 0.481. The first-order valence-electron chi connectivity index (χ1n) is 9.52. The highest BCUT2D eigenvalue weighted by Crippen LogP contribution is 2.22. The molecule has 2 aromatic carbocycles. The summed E-state index contributed by atoms with van der Waals surface area (Å²) in [4.78, 5) is 0. The van der Waals surface area contributed by atoms with Crippen molar-refractivity contribution in [3.05, 3.63) is 70.3 Å². The molecule has 0 aliphatic heterocycles. The molecule has 0 atom stereocenters. The summed E-state index contributed by atoms with van der Waals surface area (Å²) >= 11 is 0. The van der Waals surface area contributed by atoms with Gasteiger partial charge in [0.2, 0.25) is 0 Å². The van der Waals surface area contributed by atoms with E-state index in [0.29, 0.717) is 0 Å². The standard InChI is InChI=1S/C11H14.C11H16.C2H6/c1-9-6-7-10-4-2-3-5-11(10)8-9;1-9-5-7-10(8-6-9)11(2,3)4;1-2/h6-8H,2-5H2,1H3;5-8H,1-4H3;1-2H3. The Morgan fingerprint density at radius 2 is 1.17 bits per heavy atom. The average Bonchev–Trinajstić information content (AvgIpc) is 2.57. The Hall–Kier alpha value is -1.56. The molecule has 0 saturated carbocycles. The molecule has 3 rings (SSSR count). The molecule has 0 spiro atoms. The van der Waals surface area contributed by atoms with E-state index in [1.165, 1.54) is 42.4 Å². The average molecular weight is 325 g/mol. The molecule has 0 heteroatoms. The van der Waals surface area contributed by atoms with Gasteiger partial charge in [0.25, 0.3) is 0 Å². The van der Waals surface area contributed by atoms with E-state index in [0.717, 1.165) is 0 Å². The minimum atomic E-state index is 0.285. The molecule has 0 N–H and O–H groups in total. The summed E-state index contributed by atoms with van der Waals surface area (Å²) in [6.07, 6.45) is 5.37. The van der Waals surface area contributed by atoms with Crippen LogP contribution in [0.3, 0.4) is 0 Å². The molecule has 0 nitrogen and oxygen atoms in total. The van der Waals surface area contributed by atoms with Crippen LogP contribution in [0.15, 0.2) is 42.5 Å². The van der Waals surface area contributed by atoms with Crippen molar-refractivity contribution in [3.8, 4) is 0 Å². The lowest BCUT2D eigenvalue weighted by molar-refractivity contribution is 0.590. The molecule has 1 aliphatic carbocycles. The van der Waals surface area contributed by atoms with E-state index >= 15 is 0 Å². The maximum atomic E-state index is 2.34. The molecule has 0 heterocycles. The molecule has 0 radical (unpaired) electrons. The highest BCUT2D eigenvalue weighted by atomic mass is 14.2. The number of hydrogen-bond acceptors (Lipinski definition) is 0. The van der Waals surface area contributed by atoms with Gasteiger partial charge in [0.1, 0.15) is 0 Å². The minimum absolute atomic E-state index is 0.285. The lowest BCUT2D eigenvalue weighted by Crippen LogP contribution is -2.10. The lowest BCUT2D eigenvalue weighted by atomic mass is 9.87. The zero-order valence-electron chi connectivity index (χ0n) is 16.9. The molecule has 0 unspecified atom stereocenters. The predicted octanol–water partition coefficient (Wildman–Crippen LogP) is 7.19. The van der Waals surface area contributed by atoms with Gasteiger partial charge >= 0.3 is 0 Å². The van der Waals surface area contributed by atoms with Crippen molar-refractivity contribution in [3.63, 3.8) is 0 Å². The Kier molecular flexibility index (Phi) is 8.25. The highest BCUT2D eigenvalue weighted by Gasteiger charge is 2.12. The summed E-state index contributed by atoms with van der Waals surface area (Å²) in [6, 6.07) is 15.6. The van der Waals surface area contributed by atoms with E-state index in [4.69, 9.17) is 0 Å². The van der Waals surface area contributed by atoms with E-state index in [1.807, 2.05) is 13.8 Å². The Balaban J connectivity index is 0.000000218. The van der Waals surface area contributed by atoms with Gasteiger partial charge in [-0.15, -0.1) is 0 Å². The second-order valence-corrected chi connectivity index (χ2v) is 7.60. The minimum Gasteiger partial charge on any atom is -0.0683 e. The van der Waals surface area contributed by atoms with Gasteiger partial charge in [-0.1, -0.05) is 88.2 Å². The number of rotatable bonds is 0. The largest absolute Gasteiger partial charge is 0.0683 e. The van der Waals surface area contributed by atoms with E-state index in [1.54, 1.807) is 11.1 Å². The van der Waals surface area contributed by atoms with Crippen molar-refractivity contribution in [2.75, 3.05) is 0 Å². The molecule has 24 heavy (non-hydrogen) atoms. The Morgan fingerprint density at radius 1 is 0.667 bits per heavy atom. The zero-order valence-corrected chi connectivity index (χ0v) is 16.9. The maximum Gasteiger partial charge on any atom is -0.0132 e. The van der Waals surface area contributed by atoms with Gasteiger partial charge in [-0.05, 0) is 61.6 Å². The third-order valence-electron chi connectivity index (χ3n) is 4.42. The molecular weight excluding hydrogens is 288 g/mol. The molecule has 0 amide bonds. The van der Waals surface area contributed by atoms with E-state index in [2.05, 4.69) is 77.1 Å². The molecule has 0 bridgehead atoms. The van der Waals surface area contributed by atoms with Crippen LogP contribution in [0.2, 0.25) is 0 Å². The van der Waals surface area contributed by atoms with E-state index in [9.17, 15) is 0 Å². The van der Waals surface area contributed by atoms with Crippen LogP contribution >= 0.6 is 0 Å². The molecular formula is C24H36. The van der Waals surface area contributed by atoms with Crippen molar-refractivity contribution in [1.82, 2.24) is 0 Å². The Morgan fingerprint density at radius 3 is 1.71 bits per heavy atom. The molecule has 0 aromatic heterocycles. The SMILES string of the molecule is CC.Cc1ccc(C(C)(C)C)cc1.Cc1ccc2c(c1)CCCC2. The first-order valence-corrected chi connectivity index (χ1v) is 9.52. The van der Waals surface area contributed by atoms with E-state index in [-0.39, 0.29) is 5.41 Å². The van der Waals surface area contributed by atoms with Crippen LogP contribution in [0.4, 0.5) is 0 Å². The van der Waals surface area contributed by atoms with Crippen LogP contribution < -0.4 is 0 Å². The van der Waals surface area contributed by atoms with Crippen molar-refractivity contribution in [2.24, 2.45) is 0 Å². The number of aryl methyl sites for hydroxylation is 4. The van der Waals surface area contributed by atoms with Crippen molar-refractivity contribution >= 4 is 0 Å². The number of fused-ring (bicyclic) bond motifs is 1. The fourth-order valence-corrected chi connectivity index (χ4v) is 2.92. The summed E-state index contributed by atoms with van der Waals surface area (Å²) in [7, 11) is 0. The van der Waals surface area contributed by atoms with Gasteiger partial charge in [-0.2, -0.15) is 0 Å². The van der Waals surface area contributed by atoms with Gasteiger partial charge < -0.3 is 0 Å². The number of benzene rings is 2. The zero-order chi connectivity index (χ0) is 18.2. The Labute approximate surface area is 150 Å². The molecule has 132 valence electrons. The van der Waals surface area contributed by atoms with Crippen molar-refractivity contribution in [2.45, 2.75) is 79.6 Å². The van der Waals surface area contributed by atoms with E-state index < -0.39 is 0 Å². The third kappa shape index (κ3) is 6.51. The summed E-state index contributed by atoms with van der Waals surface area (Å²) in [5.41, 5.74) is 7.61. The van der Waals surface area contributed by atoms with Crippen molar-refractivity contribution in [1.29, 1.82) is 0 Å². The summed E-state index contributed by atoms with van der Waals surface area (Å²) in [5.74, 6) is 0. The van der Waals surface area contributed by atoms with Crippen LogP contribution in [-0.4, -0.2) is 0 Å². The normalized spacial score (nSPS) is 13.0. The molecule has 0 saturated heterocycles. The maximum absolute atomic E-state index is 2.34. The van der Waals surface area contributed by atoms with Crippen LogP contribution in [-0.2, 0) is 18.3 Å². The second-order valence-electron chi connectivity index (χ2n) is 7.60. The summed E-state index contributed by atoms with van der Waals surface area (Å²) in [5, 5.41) is 0. The highest BCUT2D eigenvalue weighted by molar-refractivity contribution is 5.33. The van der Waals surface area contributed by atoms with Gasteiger partial charge in [0.05, 0.1) is 0 Å². The summed E-state index contributed by atoms with van der Waals surface area (Å²) < 4.78 is 0. The molecule has 2 aromatic rings. The second kappa shape index (κ2) is 9.67. The fourth-order valence-electron chi connectivity index (χ4n) is 2.92. The first kappa shape index (κ1) is 20.5. The van der Waals surface area contributed by atoms with Crippen LogP contribution in [0, 0.1) is 13.8 Å². The van der Waals surface area contributed by atoms with Crippen LogP contribution in [0.5, 0.6) is 0 Å². The fraction of sp³-hybridized carbons (Fsp3) is 0.500. The Bertz CT molecular complexity index is 597.